The van der Waals surface area contributed by atoms with E-state index in [-0.39, 0.29) is 18.0 Å². The van der Waals surface area contributed by atoms with Gasteiger partial charge in [0.1, 0.15) is 6.54 Å². The van der Waals surface area contributed by atoms with E-state index in [1.165, 1.54) is 9.56 Å². The Balaban J connectivity index is 1.62. The van der Waals surface area contributed by atoms with Crippen LogP contribution in [0.25, 0.3) is 10.2 Å². The predicted molar refractivity (Wildman–Crippen MR) is 103 cm³/mol. The first kappa shape index (κ1) is 16.9. The molecular weight excluding hydrogens is 348 g/mol. The van der Waals surface area contributed by atoms with E-state index in [1.54, 1.807) is 11.3 Å². The molecule has 0 spiro atoms. The molecule has 3 aromatic rings. The second-order valence-electron chi connectivity index (χ2n) is 7.00. The number of hydrogen-bond donors (Lipinski definition) is 1. The lowest BCUT2D eigenvalue weighted by Crippen LogP contribution is -2.30. The number of fused-ring (bicyclic) bond motifs is 3. The molecule has 0 radical (unpaired) electrons. The molecule has 1 atom stereocenters. The Hall–Kier alpha value is -2.54. The minimum Gasteiger partial charge on any atom is -0.324 e. The smallest absolute Gasteiger partial charge is 0.279 e. The number of benzene rings is 1. The predicted octanol–water partition coefficient (Wildman–Crippen LogP) is 2.92. The Morgan fingerprint density at radius 1 is 1.42 bits per heavy atom. The monoisotopic (exact) mass is 368 g/mol. The summed E-state index contributed by atoms with van der Waals surface area (Å²) in [5.74, 6) is 0.343. The SMILES string of the molecule is Cc1cccc(NC(=O)Cn2nnc3sc4c(c3c2=O)CC[C@H](C)C4)c1. The Morgan fingerprint density at radius 2 is 2.27 bits per heavy atom. The second kappa shape index (κ2) is 6.64. The van der Waals surface area contributed by atoms with Crippen LogP contribution >= 0.6 is 11.3 Å². The number of carbonyl (C=O) groups is 1. The molecule has 2 aromatic heterocycles. The maximum atomic E-state index is 12.9. The standard InChI is InChI=1S/C19H20N4O2S/c1-11-4-3-5-13(8-11)20-16(24)10-23-19(25)17-14-7-6-12(2)9-15(14)26-18(17)21-22-23/h3-5,8,12H,6-7,9-10H2,1-2H3,(H,20,24)/t12-/m0/s1. The van der Waals surface area contributed by atoms with Crippen LogP contribution in [-0.2, 0) is 24.2 Å². The summed E-state index contributed by atoms with van der Waals surface area (Å²) < 4.78 is 1.17. The molecular formula is C19H20N4O2S. The number of hydrogen-bond acceptors (Lipinski definition) is 5. The van der Waals surface area contributed by atoms with Crippen molar-refractivity contribution >= 4 is 33.1 Å². The van der Waals surface area contributed by atoms with Crippen molar-refractivity contribution in [2.24, 2.45) is 5.92 Å². The number of nitrogens with zero attached hydrogens (tertiary/aromatic N) is 3. The van der Waals surface area contributed by atoms with E-state index in [2.05, 4.69) is 22.6 Å². The molecule has 2 heterocycles. The van der Waals surface area contributed by atoms with Gasteiger partial charge >= 0.3 is 0 Å². The van der Waals surface area contributed by atoms with Gasteiger partial charge in [-0.05, 0) is 55.4 Å². The summed E-state index contributed by atoms with van der Waals surface area (Å²) in [6, 6.07) is 7.53. The molecule has 6 nitrogen and oxygen atoms in total. The summed E-state index contributed by atoms with van der Waals surface area (Å²) in [6.45, 7) is 4.05. The fourth-order valence-electron chi connectivity index (χ4n) is 3.45. The normalized spacial score (nSPS) is 16.5. The van der Waals surface area contributed by atoms with E-state index in [0.29, 0.717) is 21.8 Å². The third-order valence-corrected chi connectivity index (χ3v) is 5.92. The second-order valence-corrected chi connectivity index (χ2v) is 8.09. The van der Waals surface area contributed by atoms with Crippen molar-refractivity contribution in [1.29, 1.82) is 0 Å². The van der Waals surface area contributed by atoms with E-state index in [9.17, 15) is 9.59 Å². The van der Waals surface area contributed by atoms with E-state index >= 15 is 0 Å². The van der Waals surface area contributed by atoms with Crippen LogP contribution in [0.5, 0.6) is 0 Å². The van der Waals surface area contributed by atoms with Crippen molar-refractivity contribution in [3.8, 4) is 0 Å². The van der Waals surface area contributed by atoms with Crippen molar-refractivity contribution in [2.45, 2.75) is 39.7 Å². The van der Waals surface area contributed by atoms with Crippen LogP contribution in [0.2, 0.25) is 0 Å². The molecule has 1 N–H and O–H groups in total. The van der Waals surface area contributed by atoms with Crippen molar-refractivity contribution in [2.75, 3.05) is 5.32 Å². The van der Waals surface area contributed by atoms with Crippen LogP contribution < -0.4 is 10.9 Å². The molecule has 0 unspecified atom stereocenters. The lowest BCUT2D eigenvalue weighted by atomic mass is 9.89. The van der Waals surface area contributed by atoms with Gasteiger partial charge in [0.2, 0.25) is 5.91 Å². The summed E-state index contributed by atoms with van der Waals surface area (Å²) in [4.78, 5) is 27.1. The molecule has 0 saturated carbocycles. The highest BCUT2D eigenvalue weighted by Gasteiger charge is 2.24. The number of amides is 1. The third-order valence-electron chi connectivity index (χ3n) is 4.78. The van der Waals surface area contributed by atoms with Gasteiger partial charge in [-0.25, -0.2) is 4.68 Å². The van der Waals surface area contributed by atoms with Gasteiger partial charge in [0.05, 0.1) is 5.39 Å². The zero-order chi connectivity index (χ0) is 18.3. The molecule has 1 aromatic carbocycles. The zero-order valence-electron chi connectivity index (χ0n) is 14.8. The molecule has 4 rings (SSSR count). The van der Waals surface area contributed by atoms with E-state index in [4.69, 9.17) is 0 Å². The molecule has 0 fully saturated rings. The molecule has 1 aliphatic carbocycles. The fraction of sp³-hybridized carbons (Fsp3) is 0.368. The van der Waals surface area contributed by atoms with Crippen LogP contribution in [0.1, 0.15) is 29.3 Å². The summed E-state index contributed by atoms with van der Waals surface area (Å²) in [6.07, 6.45) is 2.96. The highest BCUT2D eigenvalue weighted by Crippen LogP contribution is 2.35. The molecule has 7 heteroatoms. The number of carbonyl (C=O) groups excluding carboxylic acids is 1. The van der Waals surface area contributed by atoms with Gasteiger partial charge in [0.25, 0.3) is 5.56 Å². The number of thiophene rings is 1. The first-order valence-corrected chi connectivity index (χ1v) is 9.57. The molecule has 26 heavy (non-hydrogen) atoms. The average molecular weight is 368 g/mol. The van der Waals surface area contributed by atoms with Crippen LogP contribution in [0.15, 0.2) is 29.1 Å². The maximum absolute atomic E-state index is 12.9. The Kier molecular flexibility index (Phi) is 4.32. The van der Waals surface area contributed by atoms with Crippen molar-refractivity contribution in [1.82, 2.24) is 15.0 Å². The number of aryl methyl sites for hydroxylation is 2. The van der Waals surface area contributed by atoms with E-state index < -0.39 is 0 Å². The van der Waals surface area contributed by atoms with Crippen molar-refractivity contribution in [3.05, 3.63) is 50.6 Å². The summed E-state index contributed by atoms with van der Waals surface area (Å²) >= 11 is 1.56. The largest absolute Gasteiger partial charge is 0.324 e. The first-order chi connectivity index (χ1) is 12.5. The zero-order valence-corrected chi connectivity index (χ0v) is 15.6. The maximum Gasteiger partial charge on any atom is 0.279 e. The number of anilines is 1. The molecule has 0 aliphatic heterocycles. The quantitative estimate of drug-likeness (QED) is 0.771. The van der Waals surface area contributed by atoms with Gasteiger partial charge in [0, 0.05) is 10.6 Å². The van der Waals surface area contributed by atoms with Gasteiger partial charge in [-0.15, -0.1) is 16.4 Å². The van der Waals surface area contributed by atoms with Gasteiger partial charge < -0.3 is 5.32 Å². The van der Waals surface area contributed by atoms with Crippen LogP contribution in [0, 0.1) is 12.8 Å². The minimum absolute atomic E-state index is 0.142. The minimum atomic E-state index is -0.288. The van der Waals surface area contributed by atoms with Crippen LogP contribution in [-0.4, -0.2) is 20.9 Å². The molecule has 1 amide bonds. The Morgan fingerprint density at radius 3 is 3.08 bits per heavy atom. The summed E-state index contributed by atoms with van der Waals surface area (Å²) in [7, 11) is 0. The van der Waals surface area contributed by atoms with Gasteiger partial charge in [-0.1, -0.05) is 24.3 Å². The van der Waals surface area contributed by atoms with Crippen molar-refractivity contribution in [3.63, 3.8) is 0 Å². The first-order valence-electron chi connectivity index (χ1n) is 8.76. The van der Waals surface area contributed by atoms with Gasteiger partial charge in [-0.3, -0.25) is 9.59 Å². The van der Waals surface area contributed by atoms with Crippen LogP contribution in [0.3, 0.4) is 0 Å². The van der Waals surface area contributed by atoms with E-state index in [0.717, 1.165) is 30.4 Å². The highest BCUT2D eigenvalue weighted by molar-refractivity contribution is 7.18. The highest BCUT2D eigenvalue weighted by atomic mass is 32.1. The third kappa shape index (κ3) is 3.14. The molecule has 1 aliphatic rings. The van der Waals surface area contributed by atoms with Crippen molar-refractivity contribution < 1.29 is 4.79 Å². The number of nitrogens with one attached hydrogen (secondary N) is 1. The van der Waals surface area contributed by atoms with Gasteiger partial charge in [0.15, 0.2) is 4.83 Å². The Labute approximate surface area is 154 Å². The lowest BCUT2D eigenvalue weighted by Gasteiger charge is -2.17. The fourth-order valence-corrected chi connectivity index (χ4v) is 4.77. The summed E-state index contributed by atoms with van der Waals surface area (Å²) in [5.41, 5.74) is 2.65. The topological polar surface area (TPSA) is 76.9 Å². The molecule has 0 saturated heterocycles. The van der Waals surface area contributed by atoms with Crippen LogP contribution in [0.4, 0.5) is 5.69 Å². The Bertz CT molecular complexity index is 1050. The van der Waals surface area contributed by atoms with Gasteiger partial charge in [-0.2, -0.15) is 0 Å². The average Bonchev–Trinajstić information content (AvgIpc) is 2.95. The summed E-state index contributed by atoms with van der Waals surface area (Å²) in [5, 5.41) is 11.6. The molecule has 134 valence electrons. The number of rotatable bonds is 3. The lowest BCUT2D eigenvalue weighted by molar-refractivity contribution is -0.117. The molecule has 0 bridgehead atoms. The number of aromatic nitrogens is 3. The van der Waals surface area contributed by atoms with E-state index in [1.807, 2.05) is 31.2 Å².